The first-order chi connectivity index (χ1) is 13.3. The van der Waals surface area contributed by atoms with Gasteiger partial charge in [-0.2, -0.15) is 0 Å². The minimum Gasteiger partial charge on any atom is -0.451 e. The standard InChI is InChI=1S/C20H18F2N2O4/c1-13(20(27)24-17-11-15(21)8-9-16(17)22)28-19(26)12-23-18(25)10-7-14-5-3-2-4-6-14/h2-11,13H,12H2,1H3,(H,23,25)(H,24,27)/b10-7+/t13-/m0/s1. The molecule has 0 fully saturated rings. The fraction of sp³-hybridized carbons (Fsp3) is 0.150. The number of rotatable bonds is 7. The second kappa shape index (κ2) is 9.96. The van der Waals surface area contributed by atoms with Gasteiger partial charge in [-0.05, 0) is 30.7 Å². The molecular formula is C20H18F2N2O4. The first-order valence-corrected chi connectivity index (χ1v) is 8.31. The zero-order valence-corrected chi connectivity index (χ0v) is 14.9. The van der Waals surface area contributed by atoms with Crippen LogP contribution in [0.25, 0.3) is 6.08 Å². The maximum Gasteiger partial charge on any atom is 0.326 e. The molecule has 2 amide bonds. The molecule has 0 unspecified atom stereocenters. The van der Waals surface area contributed by atoms with Crippen molar-refractivity contribution in [1.29, 1.82) is 0 Å². The number of halogens is 2. The molecule has 2 rings (SSSR count). The van der Waals surface area contributed by atoms with Crippen LogP contribution in [-0.2, 0) is 19.1 Å². The predicted molar refractivity (Wildman–Crippen MR) is 99.0 cm³/mol. The highest BCUT2D eigenvalue weighted by atomic mass is 19.1. The Labute approximate surface area is 160 Å². The van der Waals surface area contributed by atoms with E-state index in [2.05, 4.69) is 10.6 Å². The summed E-state index contributed by atoms with van der Waals surface area (Å²) >= 11 is 0. The molecule has 2 aromatic rings. The van der Waals surface area contributed by atoms with Gasteiger partial charge in [-0.1, -0.05) is 30.3 Å². The Morgan fingerprint density at radius 2 is 1.82 bits per heavy atom. The molecule has 28 heavy (non-hydrogen) atoms. The fourth-order valence-electron chi connectivity index (χ4n) is 2.07. The smallest absolute Gasteiger partial charge is 0.326 e. The van der Waals surface area contributed by atoms with E-state index < -0.39 is 42.1 Å². The third-order valence-electron chi connectivity index (χ3n) is 3.50. The molecule has 0 aliphatic carbocycles. The molecular weight excluding hydrogens is 370 g/mol. The van der Waals surface area contributed by atoms with Gasteiger partial charge in [0.15, 0.2) is 6.10 Å². The van der Waals surface area contributed by atoms with E-state index in [1.165, 1.54) is 13.0 Å². The van der Waals surface area contributed by atoms with Gasteiger partial charge in [-0.15, -0.1) is 0 Å². The summed E-state index contributed by atoms with van der Waals surface area (Å²) in [6, 6.07) is 11.7. The summed E-state index contributed by atoms with van der Waals surface area (Å²) in [5, 5.41) is 4.45. The van der Waals surface area contributed by atoms with Gasteiger partial charge in [0.1, 0.15) is 18.2 Å². The van der Waals surface area contributed by atoms with Crippen molar-refractivity contribution >= 4 is 29.5 Å². The van der Waals surface area contributed by atoms with E-state index in [9.17, 15) is 23.2 Å². The van der Waals surface area contributed by atoms with Crippen molar-refractivity contribution in [3.05, 3.63) is 71.8 Å². The van der Waals surface area contributed by atoms with Crippen LogP contribution in [0.5, 0.6) is 0 Å². The van der Waals surface area contributed by atoms with Crippen molar-refractivity contribution in [3.63, 3.8) is 0 Å². The number of nitrogens with one attached hydrogen (secondary N) is 2. The summed E-state index contributed by atoms with van der Waals surface area (Å²) in [6.45, 7) is 0.811. The van der Waals surface area contributed by atoms with E-state index in [4.69, 9.17) is 4.74 Å². The monoisotopic (exact) mass is 388 g/mol. The molecule has 0 saturated heterocycles. The lowest BCUT2D eigenvalue weighted by Gasteiger charge is -2.14. The molecule has 8 heteroatoms. The van der Waals surface area contributed by atoms with Gasteiger partial charge in [-0.25, -0.2) is 8.78 Å². The first kappa shape index (κ1) is 20.8. The summed E-state index contributed by atoms with van der Waals surface area (Å²) < 4.78 is 31.5. The lowest BCUT2D eigenvalue weighted by Crippen LogP contribution is -2.35. The Hall–Kier alpha value is -3.55. The molecule has 6 nitrogen and oxygen atoms in total. The average Bonchev–Trinajstić information content (AvgIpc) is 2.68. The molecule has 2 N–H and O–H groups in total. The highest BCUT2D eigenvalue weighted by Gasteiger charge is 2.19. The minimum absolute atomic E-state index is 0.368. The molecule has 146 valence electrons. The topological polar surface area (TPSA) is 84.5 Å². The number of ether oxygens (including phenoxy) is 1. The lowest BCUT2D eigenvalue weighted by atomic mass is 10.2. The van der Waals surface area contributed by atoms with Crippen molar-refractivity contribution in [2.75, 3.05) is 11.9 Å². The van der Waals surface area contributed by atoms with Crippen molar-refractivity contribution in [2.24, 2.45) is 0 Å². The zero-order chi connectivity index (χ0) is 20.5. The molecule has 0 bridgehead atoms. The summed E-state index contributed by atoms with van der Waals surface area (Å²) in [7, 11) is 0. The van der Waals surface area contributed by atoms with Crippen LogP contribution < -0.4 is 10.6 Å². The van der Waals surface area contributed by atoms with Crippen molar-refractivity contribution < 1.29 is 27.9 Å². The van der Waals surface area contributed by atoms with Crippen LogP contribution in [0.1, 0.15) is 12.5 Å². The summed E-state index contributed by atoms with van der Waals surface area (Å²) in [4.78, 5) is 35.4. The van der Waals surface area contributed by atoms with E-state index >= 15 is 0 Å². The van der Waals surface area contributed by atoms with Crippen LogP contribution in [0.3, 0.4) is 0 Å². The van der Waals surface area contributed by atoms with E-state index in [0.717, 1.165) is 23.8 Å². The highest BCUT2D eigenvalue weighted by Crippen LogP contribution is 2.15. The predicted octanol–water partition coefficient (Wildman–Crippen LogP) is 2.66. The quantitative estimate of drug-likeness (QED) is 0.564. The van der Waals surface area contributed by atoms with Crippen LogP contribution in [-0.4, -0.2) is 30.4 Å². The average molecular weight is 388 g/mol. The second-order valence-electron chi connectivity index (χ2n) is 5.71. The molecule has 1 atom stereocenters. The number of carbonyl (C=O) groups excluding carboxylic acids is 3. The van der Waals surface area contributed by atoms with Gasteiger partial charge in [0.2, 0.25) is 5.91 Å². The normalized spacial score (nSPS) is 11.7. The van der Waals surface area contributed by atoms with Crippen LogP contribution in [0.15, 0.2) is 54.6 Å². The third kappa shape index (κ3) is 6.64. The van der Waals surface area contributed by atoms with Gasteiger partial charge in [0.25, 0.3) is 5.91 Å². The number of benzene rings is 2. The molecule has 0 heterocycles. The Morgan fingerprint density at radius 1 is 1.11 bits per heavy atom. The molecule has 2 aromatic carbocycles. The van der Waals surface area contributed by atoms with Gasteiger partial charge < -0.3 is 15.4 Å². The maximum atomic E-state index is 13.5. The number of hydrogen-bond donors (Lipinski definition) is 2. The van der Waals surface area contributed by atoms with Crippen molar-refractivity contribution in [2.45, 2.75) is 13.0 Å². The molecule has 0 aliphatic rings. The first-order valence-electron chi connectivity index (χ1n) is 8.31. The number of carbonyl (C=O) groups is 3. The third-order valence-corrected chi connectivity index (χ3v) is 3.50. The molecule has 0 radical (unpaired) electrons. The Bertz CT molecular complexity index is 885. The minimum atomic E-state index is -1.27. The van der Waals surface area contributed by atoms with Crippen LogP contribution >= 0.6 is 0 Å². The summed E-state index contributed by atoms with van der Waals surface area (Å²) in [5.74, 6) is -3.77. The van der Waals surface area contributed by atoms with Crippen LogP contribution in [0.2, 0.25) is 0 Å². The van der Waals surface area contributed by atoms with Crippen molar-refractivity contribution in [3.8, 4) is 0 Å². The van der Waals surface area contributed by atoms with Gasteiger partial charge >= 0.3 is 5.97 Å². The zero-order valence-electron chi connectivity index (χ0n) is 14.9. The number of esters is 1. The largest absolute Gasteiger partial charge is 0.451 e. The Kier molecular flexibility index (Phi) is 7.38. The molecule has 0 saturated carbocycles. The Morgan fingerprint density at radius 3 is 2.54 bits per heavy atom. The van der Waals surface area contributed by atoms with Gasteiger partial charge in [0.05, 0.1) is 5.69 Å². The second-order valence-corrected chi connectivity index (χ2v) is 5.71. The number of anilines is 1. The van der Waals surface area contributed by atoms with Gasteiger partial charge in [-0.3, -0.25) is 14.4 Å². The maximum absolute atomic E-state index is 13.5. The number of hydrogen-bond acceptors (Lipinski definition) is 4. The van der Waals surface area contributed by atoms with Gasteiger partial charge in [0, 0.05) is 12.1 Å². The van der Waals surface area contributed by atoms with Crippen molar-refractivity contribution in [1.82, 2.24) is 5.32 Å². The Balaban J connectivity index is 1.78. The lowest BCUT2D eigenvalue weighted by molar-refractivity contribution is -0.152. The van der Waals surface area contributed by atoms with E-state index in [0.29, 0.717) is 0 Å². The van der Waals surface area contributed by atoms with Crippen LogP contribution in [0.4, 0.5) is 14.5 Å². The fourth-order valence-corrected chi connectivity index (χ4v) is 2.07. The summed E-state index contributed by atoms with van der Waals surface area (Å²) in [5.41, 5.74) is 0.447. The van der Waals surface area contributed by atoms with Crippen LogP contribution in [0, 0.1) is 11.6 Å². The number of amides is 2. The molecule has 0 spiro atoms. The SMILES string of the molecule is C[C@H](OC(=O)CNC(=O)/C=C/c1ccccc1)C(=O)Nc1cc(F)ccc1F. The van der Waals surface area contributed by atoms with E-state index in [1.807, 2.05) is 18.2 Å². The highest BCUT2D eigenvalue weighted by molar-refractivity contribution is 5.96. The van der Waals surface area contributed by atoms with E-state index in [1.54, 1.807) is 18.2 Å². The summed E-state index contributed by atoms with van der Waals surface area (Å²) in [6.07, 6.45) is 1.56. The molecule has 0 aliphatic heterocycles. The van der Waals surface area contributed by atoms with E-state index in [-0.39, 0.29) is 5.69 Å². The molecule has 0 aromatic heterocycles.